The predicted octanol–water partition coefficient (Wildman–Crippen LogP) is 1.34. The largest absolute Gasteiger partial charge is 0.399 e. The van der Waals surface area contributed by atoms with E-state index < -0.39 is 0 Å². The summed E-state index contributed by atoms with van der Waals surface area (Å²) in [4.78, 5) is 16.3. The molecule has 1 aromatic carbocycles. The second kappa shape index (κ2) is 6.72. The molecule has 20 heavy (non-hydrogen) atoms. The first-order chi connectivity index (χ1) is 9.61. The summed E-state index contributed by atoms with van der Waals surface area (Å²) in [5.74, 6) is 0.0927. The summed E-state index contributed by atoms with van der Waals surface area (Å²) in [6.45, 7) is 4.80. The number of amides is 1. The molecule has 1 saturated heterocycles. The van der Waals surface area contributed by atoms with Gasteiger partial charge in [-0.3, -0.25) is 9.69 Å². The third-order valence-electron chi connectivity index (χ3n) is 3.81. The van der Waals surface area contributed by atoms with Crippen molar-refractivity contribution in [2.45, 2.75) is 19.4 Å². The van der Waals surface area contributed by atoms with Crippen molar-refractivity contribution in [3.63, 3.8) is 0 Å². The van der Waals surface area contributed by atoms with E-state index in [4.69, 9.17) is 10.5 Å². The van der Waals surface area contributed by atoms with E-state index in [2.05, 4.69) is 11.8 Å². The van der Waals surface area contributed by atoms with Gasteiger partial charge < -0.3 is 15.4 Å². The fourth-order valence-electron chi connectivity index (χ4n) is 2.40. The van der Waals surface area contributed by atoms with E-state index in [-0.39, 0.29) is 5.91 Å². The van der Waals surface area contributed by atoms with Crippen LogP contribution in [0.2, 0.25) is 0 Å². The van der Waals surface area contributed by atoms with Crippen molar-refractivity contribution in [3.8, 4) is 0 Å². The fourth-order valence-corrected chi connectivity index (χ4v) is 2.40. The minimum Gasteiger partial charge on any atom is -0.399 e. The number of carbonyl (C=O) groups is 1. The molecule has 0 saturated carbocycles. The molecule has 2 N–H and O–H groups in total. The van der Waals surface area contributed by atoms with Gasteiger partial charge in [0.2, 0.25) is 5.91 Å². The molecule has 1 fully saturated rings. The molecular formula is C15H23N3O2. The number of benzene rings is 1. The molecule has 0 aromatic heterocycles. The molecule has 1 heterocycles. The third kappa shape index (κ3) is 3.49. The summed E-state index contributed by atoms with van der Waals surface area (Å²) in [6.07, 6.45) is 0.999. The minimum atomic E-state index is 0.0927. The smallest absolute Gasteiger partial charge is 0.240 e. The molecule has 1 unspecified atom stereocenters. The molecular weight excluding hydrogens is 254 g/mol. The highest BCUT2D eigenvalue weighted by Gasteiger charge is 2.24. The number of rotatable bonds is 4. The average molecular weight is 277 g/mol. The second-order valence-electron chi connectivity index (χ2n) is 5.15. The Hall–Kier alpha value is -1.59. The van der Waals surface area contributed by atoms with Gasteiger partial charge in [-0.15, -0.1) is 0 Å². The quantitative estimate of drug-likeness (QED) is 0.844. The molecule has 5 heteroatoms. The lowest BCUT2D eigenvalue weighted by atomic mass is 10.1. The average Bonchev–Trinajstić information content (AvgIpc) is 2.48. The topological polar surface area (TPSA) is 58.8 Å². The number of nitrogens with two attached hydrogens (primary N) is 1. The van der Waals surface area contributed by atoms with Crippen molar-refractivity contribution in [3.05, 3.63) is 24.3 Å². The molecule has 1 aromatic rings. The first-order valence-electron chi connectivity index (χ1n) is 7.05. The van der Waals surface area contributed by atoms with Crippen LogP contribution in [0.15, 0.2) is 24.3 Å². The predicted molar refractivity (Wildman–Crippen MR) is 80.7 cm³/mol. The number of nitrogen functional groups attached to an aromatic ring is 1. The SMILES string of the molecule is CCC1COCCN1CC(=O)N(C)c1ccc(N)cc1. The number of hydrogen-bond acceptors (Lipinski definition) is 4. The zero-order valence-corrected chi connectivity index (χ0v) is 12.2. The van der Waals surface area contributed by atoms with Gasteiger partial charge in [-0.1, -0.05) is 6.92 Å². The first kappa shape index (κ1) is 14.8. The Bertz CT molecular complexity index is 447. The van der Waals surface area contributed by atoms with E-state index in [1.54, 1.807) is 11.9 Å². The zero-order valence-electron chi connectivity index (χ0n) is 12.2. The summed E-state index contributed by atoms with van der Waals surface area (Å²) in [6, 6.07) is 7.69. The molecule has 1 aliphatic rings. The molecule has 0 aliphatic carbocycles. The van der Waals surface area contributed by atoms with Gasteiger partial charge in [-0.05, 0) is 30.7 Å². The van der Waals surface area contributed by atoms with Crippen LogP contribution in [0.25, 0.3) is 0 Å². The Morgan fingerprint density at radius 3 is 2.80 bits per heavy atom. The van der Waals surface area contributed by atoms with Crippen LogP contribution < -0.4 is 10.6 Å². The van der Waals surface area contributed by atoms with Crippen molar-refractivity contribution < 1.29 is 9.53 Å². The summed E-state index contributed by atoms with van der Waals surface area (Å²) in [5.41, 5.74) is 7.23. The van der Waals surface area contributed by atoms with Gasteiger partial charge in [0.1, 0.15) is 0 Å². The first-order valence-corrected chi connectivity index (χ1v) is 7.05. The molecule has 2 rings (SSSR count). The summed E-state index contributed by atoms with van der Waals surface area (Å²) < 4.78 is 5.46. The van der Waals surface area contributed by atoms with Gasteiger partial charge in [0, 0.05) is 31.0 Å². The number of nitrogens with zero attached hydrogens (tertiary/aromatic N) is 2. The molecule has 5 nitrogen and oxygen atoms in total. The lowest BCUT2D eigenvalue weighted by molar-refractivity contribution is -0.121. The van der Waals surface area contributed by atoms with E-state index in [1.807, 2.05) is 24.3 Å². The second-order valence-corrected chi connectivity index (χ2v) is 5.15. The van der Waals surface area contributed by atoms with Crippen molar-refractivity contribution in [2.24, 2.45) is 0 Å². The van der Waals surface area contributed by atoms with Crippen molar-refractivity contribution >= 4 is 17.3 Å². The highest BCUT2D eigenvalue weighted by atomic mass is 16.5. The van der Waals surface area contributed by atoms with Crippen LogP contribution in [0.1, 0.15) is 13.3 Å². The van der Waals surface area contributed by atoms with E-state index in [1.165, 1.54) is 0 Å². The maximum absolute atomic E-state index is 12.4. The van der Waals surface area contributed by atoms with Gasteiger partial charge in [0.15, 0.2) is 0 Å². The lowest BCUT2D eigenvalue weighted by Gasteiger charge is -2.35. The maximum Gasteiger partial charge on any atom is 0.240 e. The van der Waals surface area contributed by atoms with E-state index in [0.717, 1.165) is 25.3 Å². The van der Waals surface area contributed by atoms with Crippen LogP contribution >= 0.6 is 0 Å². The molecule has 110 valence electrons. The maximum atomic E-state index is 12.4. The highest BCUT2D eigenvalue weighted by molar-refractivity contribution is 5.94. The molecule has 0 spiro atoms. The van der Waals surface area contributed by atoms with Gasteiger partial charge in [-0.2, -0.15) is 0 Å². The molecule has 0 radical (unpaired) electrons. The van der Waals surface area contributed by atoms with Gasteiger partial charge in [0.25, 0.3) is 0 Å². The summed E-state index contributed by atoms with van der Waals surface area (Å²) >= 11 is 0. The Morgan fingerprint density at radius 1 is 1.45 bits per heavy atom. The van der Waals surface area contributed by atoms with Crippen molar-refractivity contribution in [1.82, 2.24) is 4.90 Å². The summed E-state index contributed by atoms with van der Waals surface area (Å²) in [7, 11) is 1.80. The fraction of sp³-hybridized carbons (Fsp3) is 0.533. The van der Waals surface area contributed by atoms with Crippen molar-refractivity contribution in [2.75, 3.05) is 44.0 Å². The number of likely N-dealkylation sites (N-methyl/N-ethyl adjacent to an activating group) is 1. The number of morpholine rings is 1. The Labute approximate surface area is 120 Å². The number of anilines is 2. The normalized spacial score (nSPS) is 19.8. The third-order valence-corrected chi connectivity index (χ3v) is 3.81. The van der Waals surface area contributed by atoms with E-state index in [0.29, 0.717) is 24.9 Å². The van der Waals surface area contributed by atoms with Crippen LogP contribution in [-0.4, -0.2) is 50.2 Å². The van der Waals surface area contributed by atoms with E-state index in [9.17, 15) is 4.79 Å². The van der Waals surface area contributed by atoms with Gasteiger partial charge in [-0.25, -0.2) is 0 Å². The van der Waals surface area contributed by atoms with Crippen LogP contribution in [0.3, 0.4) is 0 Å². The molecule has 0 bridgehead atoms. The highest BCUT2D eigenvalue weighted by Crippen LogP contribution is 2.16. The van der Waals surface area contributed by atoms with Crippen LogP contribution in [-0.2, 0) is 9.53 Å². The van der Waals surface area contributed by atoms with E-state index >= 15 is 0 Å². The number of hydrogen-bond donors (Lipinski definition) is 1. The number of ether oxygens (including phenoxy) is 1. The minimum absolute atomic E-state index is 0.0927. The van der Waals surface area contributed by atoms with Crippen LogP contribution in [0.4, 0.5) is 11.4 Å². The van der Waals surface area contributed by atoms with Crippen LogP contribution in [0, 0.1) is 0 Å². The zero-order chi connectivity index (χ0) is 14.5. The van der Waals surface area contributed by atoms with Crippen LogP contribution in [0.5, 0.6) is 0 Å². The molecule has 1 amide bonds. The Balaban J connectivity index is 1.98. The Kier molecular flexibility index (Phi) is 4.98. The monoisotopic (exact) mass is 277 g/mol. The van der Waals surface area contributed by atoms with Gasteiger partial charge >= 0.3 is 0 Å². The molecule has 1 atom stereocenters. The standard InChI is InChI=1S/C15H23N3O2/c1-3-13-11-20-9-8-18(13)10-15(19)17(2)14-6-4-12(16)5-7-14/h4-7,13H,3,8-11,16H2,1-2H3. The number of carbonyl (C=O) groups excluding carboxylic acids is 1. The Morgan fingerprint density at radius 2 is 2.15 bits per heavy atom. The van der Waals surface area contributed by atoms with Gasteiger partial charge in [0.05, 0.1) is 19.8 Å². The van der Waals surface area contributed by atoms with Crippen molar-refractivity contribution in [1.29, 1.82) is 0 Å². The molecule has 1 aliphatic heterocycles. The lowest BCUT2D eigenvalue weighted by Crippen LogP contribution is -2.49. The summed E-state index contributed by atoms with van der Waals surface area (Å²) in [5, 5.41) is 0.